The van der Waals surface area contributed by atoms with E-state index in [1.165, 1.54) is 0 Å². The lowest BCUT2D eigenvalue weighted by Gasteiger charge is -2.39. The zero-order chi connectivity index (χ0) is 23.7. The molecule has 5 nitrogen and oxygen atoms in total. The number of carbonyl (C=O) groups excluding carboxylic acids is 2. The molecule has 2 amide bonds. The molecule has 5 rings (SSSR count). The third-order valence-corrected chi connectivity index (χ3v) is 6.66. The van der Waals surface area contributed by atoms with Crippen LogP contribution < -0.4 is 0 Å². The summed E-state index contributed by atoms with van der Waals surface area (Å²) in [4.78, 5) is 30.8. The second-order valence-corrected chi connectivity index (χ2v) is 9.12. The molecule has 2 heterocycles. The lowest BCUT2D eigenvalue weighted by atomic mass is 9.99. The van der Waals surface area contributed by atoms with Crippen molar-refractivity contribution >= 4 is 22.6 Å². The molecule has 34 heavy (non-hydrogen) atoms. The molecule has 1 atom stereocenters. The first-order chi connectivity index (χ1) is 16.5. The minimum Gasteiger partial charge on any atom is -0.348 e. The summed E-state index contributed by atoms with van der Waals surface area (Å²) < 4.78 is 2.21. The predicted octanol–water partition coefficient (Wildman–Crippen LogP) is 5.12. The Hall–Kier alpha value is -3.86. The van der Waals surface area contributed by atoms with E-state index in [0.29, 0.717) is 12.1 Å². The van der Waals surface area contributed by atoms with Crippen molar-refractivity contribution in [2.75, 3.05) is 13.1 Å². The quantitative estimate of drug-likeness (QED) is 0.423. The van der Waals surface area contributed by atoms with E-state index in [0.717, 1.165) is 28.6 Å². The van der Waals surface area contributed by atoms with Crippen LogP contribution in [0.25, 0.3) is 10.8 Å². The van der Waals surface area contributed by atoms with Gasteiger partial charge in [-0.25, -0.2) is 0 Å². The first-order valence-electron chi connectivity index (χ1n) is 11.8. The standard InChI is InChI=1S/C29H29N3O2/c1-21(2)32(29(34)25-15-14-22-9-6-7-12-24(22)19-25)20-27(33)31-18-17-30-16-8-13-26(30)28(31)23-10-4-3-5-11-23/h3-16,19,21,28H,17-18,20H2,1-2H3. The van der Waals surface area contributed by atoms with Crippen LogP contribution >= 0.6 is 0 Å². The number of fused-ring (bicyclic) bond motifs is 2. The van der Waals surface area contributed by atoms with E-state index in [4.69, 9.17) is 0 Å². The normalized spacial score (nSPS) is 15.4. The molecule has 1 aromatic heterocycles. The molecule has 0 saturated heterocycles. The minimum absolute atomic E-state index is 0.0378. The van der Waals surface area contributed by atoms with Crippen molar-refractivity contribution in [2.45, 2.75) is 32.5 Å². The molecule has 0 N–H and O–H groups in total. The van der Waals surface area contributed by atoms with Crippen LogP contribution in [-0.2, 0) is 11.3 Å². The molecular formula is C29H29N3O2. The molecule has 0 saturated carbocycles. The number of aromatic nitrogens is 1. The van der Waals surface area contributed by atoms with E-state index in [1.54, 1.807) is 4.90 Å². The number of rotatable bonds is 5. The summed E-state index contributed by atoms with van der Waals surface area (Å²) in [5.41, 5.74) is 2.78. The monoisotopic (exact) mass is 451 g/mol. The van der Waals surface area contributed by atoms with Gasteiger partial charge in [-0.1, -0.05) is 60.7 Å². The van der Waals surface area contributed by atoms with Crippen LogP contribution in [-0.4, -0.2) is 45.3 Å². The van der Waals surface area contributed by atoms with Gasteiger partial charge in [0.25, 0.3) is 5.91 Å². The first kappa shape index (κ1) is 22.0. The fraction of sp³-hybridized carbons (Fsp3) is 0.241. The fourth-order valence-corrected chi connectivity index (χ4v) is 4.85. The fourth-order valence-electron chi connectivity index (χ4n) is 4.85. The van der Waals surface area contributed by atoms with Crippen LogP contribution in [0.1, 0.15) is 41.5 Å². The highest BCUT2D eigenvalue weighted by Crippen LogP contribution is 2.32. The molecule has 3 aromatic carbocycles. The number of hydrogen-bond donors (Lipinski definition) is 0. The van der Waals surface area contributed by atoms with Gasteiger partial charge in [-0.15, -0.1) is 0 Å². The van der Waals surface area contributed by atoms with Gasteiger partial charge in [0.1, 0.15) is 6.54 Å². The van der Waals surface area contributed by atoms with Crippen molar-refractivity contribution in [1.29, 1.82) is 0 Å². The Morgan fingerprint density at radius 1 is 0.882 bits per heavy atom. The molecule has 0 radical (unpaired) electrons. The first-order valence-corrected chi connectivity index (χ1v) is 11.8. The smallest absolute Gasteiger partial charge is 0.254 e. The highest BCUT2D eigenvalue weighted by Gasteiger charge is 2.34. The molecule has 0 bridgehead atoms. The zero-order valence-electron chi connectivity index (χ0n) is 19.6. The van der Waals surface area contributed by atoms with Crippen molar-refractivity contribution in [3.8, 4) is 0 Å². The average Bonchev–Trinajstić information content (AvgIpc) is 3.35. The number of amides is 2. The maximum atomic E-state index is 13.7. The van der Waals surface area contributed by atoms with Crippen molar-refractivity contribution in [1.82, 2.24) is 14.4 Å². The van der Waals surface area contributed by atoms with E-state index in [9.17, 15) is 9.59 Å². The van der Waals surface area contributed by atoms with Crippen LogP contribution in [0.4, 0.5) is 0 Å². The van der Waals surface area contributed by atoms with E-state index >= 15 is 0 Å². The van der Waals surface area contributed by atoms with Crippen LogP contribution in [0.3, 0.4) is 0 Å². The lowest BCUT2D eigenvalue weighted by Crippen LogP contribution is -2.49. The molecule has 4 aromatic rings. The van der Waals surface area contributed by atoms with E-state index in [1.807, 2.05) is 85.5 Å². The third-order valence-electron chi connectivity index (χ3n) is 6.66. The Labute approximate surface area is 200 Å². The van der Waals surface area contributed by atoms with Crippen molar-refractivity contribution < 1.29 is 9.59 Å². The van der Waals surface area contributed by atoms with Crippen molar-refractivity contribution in [2.24, 2.45) is 0 Å². The molecule has 1 unspecified atom stereocenters. The second kappa shape index (κ2) is 9.18. The number of benzene rings is 3. The largest absolute Gasteiger partial charge is 0.348 e. The Kier molecular flexibility index (Phi) is 5.93. The van der Waals surface area contributed by atoms with Crippen LogP contribution in [0.15, 0.2) is 91.1 Å². The third kappa shape index (κ3) is 4.10. The van der Waals surface area contributed by atoms with Gasteiger partial charge in [-0.3, -0.25) is 9.59 Å². The molecule has 1 aliphatic rings. The Morgan fingerprint density at radius 3 is 2.38 bits per heavy atom. The number of hydrogen-bond acceptors (Lipinski definition) is 2. The maximum Gasteiger partial charge on any atom is 0.254 e. The minimum atomic E-state index is -0.165. The Bertz CT molecular complexity index is 1330. The predicted molar refractivity (Wildman–Crippen MR) is 135 cm³/mol. The molecule has 0 fully saturated rings. The average molecular weight is 452 g/mol. The van der Waals surface area contributed by atoms with Gasteiger partial charge >= 0.3 is 0 Å². The summed E-state index contributed by atoms with van der Waals surface area (Å²) in [6.45, 7) is 5.33. The van der Waals surface area contributed by atoms with E-state index in [2.05, 4.69) is 29.0 Å². The van der Waals surface area contributed by atoms with Gasteiger partial charge in [0, 0.05) is 36.6 Å². The molecule has 5 heteroatoms. The molecule has 0 aliphatic carbocycles. The second-order valence-electron chi connectivity index (χ2n) is 9.12. The Balaban J connectivity index is 1.43. The van der Waals surface area contributed by atoms with E-state index < -0.39 is 0 Å². The topological polar surface area (TPSA) is 45.6 Å². The molecule has 172 valence electrons. The molecule has 0 spiro atoms. The van der Waals surface area contributed by atoms with Gasteiger partial charge in [0.05, 0.1) is 6.04 Å². The summed E-state index contributed by atoms with van der Waals surface area (Å²) in [6, 6.07) is 27.7. The highest BCUT2D eigenvalue weighted by atomic mass is 16.2. The van der Waals surface area contributed by atoms with Crippen molar-refractivity contribution in [3.63, 3.8) is 0 Å². The number of nitrogens with zero attached hydrogens (tertiary/aromatic N) is 3. The van der Waals surface area contributed by atoms with Crippen molar-refractivity contribution in [3.05, 3.63) is 108 Å². The Morgan fingerprint density at radius 2 is 1.62 bits per heavy atom. The zero-order valence-corrected chi connectivity index (χ0v) is 19.6. The van der Waals surface area contributed by atoms with Gasteiger partial charge in [0.15, 0.2) is 0 Å². The van der Waals surface area contributed by atoms with Gasteiger partial charge in [-0.05, 0) is 54.4 Å². The van der Waals surface area contributed by atoms with Gasteiger partial charge < -0.3 is 14.4 Å². The van der Waals surface area contributed by atoms with Crippen LogP contribution in [0.2, 0.25) is 0 Å². The summed E-state index contributed by atoms with van der Waals surface area (Å²) in [7, 11) is 0. The lowest BCUT2D eigenvalue weighted by molar-refractivity contribution is -0.135. The number of carbonyl (C=O) groups is 2. The summed E-state index contributed by atoms with van der Waals surface area (Å²) >= 11 is 0. The van der Waals surface area contributed by atoms with Crippen LogP contribution in [0, 0.1) is 0 Å². The molecule has 1 aliphatic heterocycles. The van der Waals surface area contributed by atoms with Crippen LogP contribution in [0.5, 0.6) is 0 Å². The highest BCUT2D eigenvalue weighted by molar-refractivity contribution is 6.00. The maximum absolute atomic E-state index is 13.7. The van der Waals surface area contributed by atoms with Gasteiger partial charge in [-0.2, -0.15) is 0 Å². The van der Waals surface area contributed by atoms with E-state index in [-0.39, 0.29) is 30.4 Å². The molecular weight excluding hydrogens is 422 g/mol. The summed E-state index contributed by atoms with van der Waals surface area (Å²) in [6.07, 6.45) is 2.07. The van der Waals surface area contributed by atoms with Gasteiger partial charge in [0.2, 0.25) is 5.91 Å². The SMILES string of the molecule is CC(C)N(CC(=O)N1CCn2cccc2C1c1ccccc1)C(=O)c1ccc2ccccc2c1. The summed E-state index contributed by atoms with van der Waals surface area (Å²) in [5, 5.41) is 2.11. The summed E-state index contributed by atoms with van der Waals surface area (Å²) in [5.74, 6) is -0.158.